The zero-order chi connectivity index (χ0) is 13.4. The number of rotatable bonds is 7. The van der Waals surface area contributed by atoms with Crippen LogP contribution in [0.1, 0.15) is 19.8 Å². The highest BCUT2D eigenvalue weighted by Gasteiger charge is 2.05. The Hall–Kier alpha value is -0.970. The second-order valence-electron chi connectivity index (χ2n) is 4.09. The van der Waals surface area contributed by atoms with Gasteiger partial charge in [-0.2, -0.15) is 0 Å². The van der Waals surface area contributed by atoms with Crippen LogP contribution in [0.15, 0.2) is 24.3 Å². The first-order chi connectivity index (χ1) is 8.63. The van der Waals surface area contributed by atoms with Gasteiger partial charge in [0.1, 0.15) is 5.75 Å². The van der Waals surface area contributed by atoms with Gasteiger partial charge in [0, 0.05) is 19.0 Å². The molecule has 4 nitrogen and oxygen atoms in total. The number of carbonyl (C=O) groups excluding carboxylic acids is 1. The summed E-state index contributed by atoms with van der Waals surface area (Å²) >= 11 is 5.94. The second kappa shape index (κ2) is 9.89. The standard InChI is InChI=1S/C13H19ClN2O2.ClH/c1-10(9-15)16-13(17)7-4-8-18-12-6-3-2-5-11(12)14;/h2-3,5-6,10H,4,7-9,15H2,1H3,(H,16,17);1H/t10-;/m0./s1. The highest BCUT2D eigenvalue weighted by Crippen LogP contribution is 2.23. The Morgan fingerprint density at radius 2 is 2.16 bits per heavy atom. The van der Waals surface area contributed by atoms with E-state index in [-0.39, 0.29) is 24.4 Å². The molecule has 1 aromatic carbocycles. The van der Waals surface area contributed by atoms with Gasteiger partial charge >= 0.3 is 0 Å². The molecule has 1 atom stereocenters. The van der Waals surface area contributed by atoms with Crippen molar-refractivity contribution >= 4 is 29.9 Å². The SMILES string of the molecule is C[C@@H](CN)NC(=O)CCCOc1ccccc1Cl.Cl. The lowest BCUT2D eigenvalue weighted by Gasteiger charge is -2.11. The maximum atomic E-state index is 11.4. The second-order valence-corrected chi connectivity index (χ2v) is 4.49. The molecule has 108 valence electrons. The molecule has 0 saturated carbocycles. The minimum absolute atomic E-state index is 0. The van der Waals surface area contributed by atoms with E-state index in [4.69, 9.17) is 22.1 Å². The predicted molar refractivity (Wildman–Crippen MR) is 80.1 cm³/mol. The molecule has 3 N–H and O–H groups in total. The van der Waals surface area contributed by atoms with Gasteiger partial charge in [0.15, 0.2) is 0 Å². The van der Waals surface area contributed by atoms with E-state index < -0.39 is 0 Å². The average molecular weight is 307 g/mol. The summed E-state index contributed by atoms with van der Waals surface area (Å²) in [5, 5.41) is 3.38. The molecule has 0 aromatic heterocycles. The van der Waals surface area contributed by atoms with Crippen molar-refractivity contribution in [1.82, 2.24) is 5.32 Å². The Morgan fingerprint density at radius 1 is 1.47 bits per heavy atom. The predicted octanol–water partition coefficient (Wildman–Crippen LogP) is 2.38. The zero-order valence-electron chi connectivity index (χ0n) is 10.9. The van der Waals surface area contributed by atoms with Crippen molar-refractivity contribution in [1.29, 1.82) is 0 Å². The molecular weight excluding hydrogens is 287 g/mol. The van der Waals surface area contributed by atoms with Crippen LogP contribution in [0.4, 0.5) is 0 Å². The Labute approximate surface area is 125 Å². The fourth-order valence-corrected chi connectivity index (χ4v) is 1.57. The van der Waals surface area contributed by atoms with E-state index in [9.17, 15) is 4.79 Å². The van der Waals surface area contributed by atoms with Gasteiger partial charge < -0.3 is 15.8 Å². The fraction of sp³-hybridized carbons (Fsp3) is 0.462. The first kappa shape index (κ1) is 18.0. The highest BCUT2D eigenvalue weighted by atomic mass is 35.5. The molecule has 0 aliphatic rings. The molecule has 1 rings (SSSR count). The third-order valence-corrected chi connectivity index (χ3v) is 2.72. The molecule has 0 saturated heterocycles. The van der Waals surface area contributed by atoms with Crippen molar-refractivity contribution in [2.45, 2.75) is 25.8 Å². The van der Waals surface area contributed by atoms with Crippen LogP contribution in [-0.2, 0) is 4.79 Å². The van der Waals surface area contributed by atoms with Gasteiger partial charge in [0.05, 0.1) is 11.6 Å². The summed E-state index contributed by atoms with van der Waals surface area (Å²) in [5.74, 6) is 0.644. The summed E-state index contributed by atoms with van der Waals surface area (Å²) in [4.78, 5) is 11.4. The number of hydrogen-bond acceptors (Lipinski definition) is 3. The average Bonchev–Trinajstić information content (AvgIpc) is 2.36. The lowest BCUT2D eigenvalue weighted by Crippen LogP contribution is -2.37. The molecule has 0 unspecified atom stereocenters. The van der Waals surface area contributed by atoms with Gasteiger partial charge in [-0.1, -0.05) is 23.7 Å². The first-order valence-electron chi connectivity index (χ1n) is 6.00. The van der Waals surface area contributed by atoms with Crippen molar-refractivity contribution in [3.8, 4) is 5.75 Å². The number of ether oxygens (including phenoxy) is 1. The third kappa shape index (κ3) is 7.25. The van der Waals surface area contributed by atoms with Crippen molar-refractivity contribution in [3.63, 3.8) is 0 Å². The number of halogens is 2. The number of nitrogens with one attached hydrogen (secondary N) is 1. The van der Waals surface area contributed by atoms with E-state index in [0.29, 0.717) is 36.8 Å². The normalized spacial score (nSPS) is 11.3. The topological polar surface area (TPSA) is 64.3 Å². The van der Waals surface area contributed by atoms with Crippen molar-refractivity contribution in [2.24, 2.45) is 5.73 Å². The molecule has 0 radical (unpaired) electrons. The molecule has 6 heteroatoms. The minimum Gasteiger partial charge on any atom is -0.492 e. The van der Waals surface area contributed by atoms with Gasteiger partial charge in [0.2, 0.25) is 5.91 Å². The van der Waals surface area contributed by atoms with Crippen LogP contribution in [0.3, 0.4) is 0 Å². The molecule has 0 bridgehead atoms. The minimum atomic E-state index is -0.00397. The van der Waals surface area contributed by atoms with Crippen LogP contribution >= 0.6 is 24.0 Å². The molecule has 0 fully saturated rings. The monoisotopic (exact) mass is 306 g/mol. The van der Waals surface area contributed by atoms with Gasteiger partial charge in [-0.15, -0.1) is 12.4 Å². The van der Waals surface area contributed by atoms with Crippen molar-refractivity contribution in [2.75, 3.05) is 13.2 Å². The first-order valence-corrected chi connectivity index (χ1v) is 6.38. The molecular formula is C13H20Cl2N2O2. The summed E-state index contributed by atoms with van der Waals surface area (Å²) in [6.45, 7) is 2.79. The van der Waals surface area contributed by atoms with Gasteiger partial charge in [0.25, 0.3) is 0 Å². The van der Waals surface area contributed by atoms with E-state index in [0.717, 1.165) is 0 Å². The number of nitrogens with two attached hydrogens (primary N) is 1. The smallest absolute Gasteiger partial charge is 0.220 e. The van der Waals surface area contributed by atoms with E-state index in [1.807, 2.05) is 19.1 Å². The van der Waals surface area contributed by atoms with Crippen molar-refractivity contribution < 1.29 is 9.53 Å². The van der Waals surface area contributed by atoms with E-state index in [1.165, 1.54) is 0 Å². The summed E-state index contributed by atoms with van der Waals surface area (Å²) in [6, 6.07) is 7.29. The lowest BCUT2D eigenvalue weighted by atomic mass is 10.2. The van der Waals surface area contributed by atoms with Gasteiger partial charge in [-0.25, -0.2) is 0 Å². The fourth-order valence-electron chi connectivity index (χ4n) is 1.38. The number of carbonyl (C=O) groups is 1. The van der Waals surface area contributed by atoms with Crippen LogP contribution in [0.2, 0.25) is 5.02 Å². The Balaban J connectivity index is 0.00000324. The van der Waals surface area contributed by atoms with Crippen LogP contribution in [0.5, 0.6) is 5.75 Å². The van der Waals surface area contributed by atoms with E-state index >= 15 is 0 Å². The summed E-state index contributed by atoms with van der Waals surface area (Å²) in [7, 11) is 0. The Morgan fingerprint density at radius 3 is 2.79 bits per heavy atom. The van der Waals surface area contributed by atoms with Crippen LogP contribution in [0, 0.1) is 0 Å². The number of benzene rings is 1. The molecule has 1 aromatic rings. The number of hydrogen-bond donors (Lipinski definition) is 2. The van der Waals surface area contributed by atoms with E-state index in [2.05, 4.69) is 5.32 Å². The third-order valence-electron chi connectivity index (χ3n) is 2.40. The summed E-state index contributed by atoms with van der Waals surface area (Å²) in [5.41, 5.74) is 5.41. The quantitative estimate of drug-likeness (QED) is 0.760. The lowest BCUT2D eigenvalue weighted by molar-refractivity contribution is -0.121. The molecule has 1 amide bonds. The highest BCUT2D eigenvalue weighted by molar-refractivity contribution is 6.32. The molecule has 0 aliphatic heterocycles. The number of amides is 1. The van der Waals surface area contributed by atoms with E-state index in [1.54, 1.807) is 12.1 Å². The maximum Gasteiger partial charge on any atom is 0.220 e. The molecule has 0 aliphatic carbocycles. The van der Waals surface area contributed by atoms with Gasteiger partial charge in [-0.3, -0.25) is 4.79 Å². The summed E-state index contributed by atoms with van der Waals surface area (Å²) in [6.07, 6.45) is 1.07. The van der Waals surface area contributed by atoms with Crippen LogP contribution in [0.25, 0.3) is 0 Å². The Kier molecular flexibility index (Phi) is 9.39. The van der Waals surface area contributed by atoms with Crippen molar-refractivity contribution in [3.05, 3.63) is 29.3 Å². The maximum absolute atomic E-state index is 11.4. The van der Waals surface area contributed by atoms with Gasteiger partial charge in [-0.05, 0) is 25.5 Å². The number of para-hydroxylation sites is 1. The Bertz CT molecular complexity index is 389. The van der Waals surface area contributed by atoms with Crippen LogP contribution < -0.4 is 15.8 Å². The largest absolute Gasteiger partial charge is 0.492 e. The molecule has 0 heterocycles. The summed E-state index contributed by atoms with van der Waals surface area (Å²) < 4.78 is 5.48. The van der Waals surface area contributed by atoms with Crippen LogP contribution in [-0.4, -0.2) is 25.1 Å². The molecule has 19 heavy (non-hydrogen) atoms. The zero-order valence-corrected chi connectivity index (χ0v) is 12.5. The molecule has 0 spiro atoms.